The van der Waals surface area contributed by atoms with E-state index in [1.165, 1.54) is 23.8 Å². The summed E-state index contributed by atoms with van der Waals surface area (Å²) in [5, 5.41) is 13.2. The molecule has 0 aromatic carbocycles. The molecule has 1 fully saturated rings. The lowest BCUT2D eigenvalue weighted by Crippen LogP contribution is -2.32. The van der Waals surface area contributed by atoms with Gasteiger partial charge in [-0.3, -0.25) is 9.36 Å². The summed E-state index contributed by atoms with van der Waals surface area (Å²) < 4.78 is 1.49. The number of aromatic nitrogens is 4. The van der Waals surface area contributed by atoms with Crippen LogP contribution in [0.15, 0.2) is 4.79 Å². The molecule has 132 valence electrons. The normalized spacial score (nSPS) is 20.8. The summed E-state index contributed by atoms with van der Waals surface area (Å²) in [5.74, 6) is 1.30. The van der Waals surface area contributed by atoms with Gasteiger partial charge in [0.1, 0.15) is 5.82 Å². The number of aryl methyl sites for hydroxylation is 1. The highest BCUT2D eigenvalue weighted by Crippen LogP contribution is 2.22. The van der Waals surface area contributed by atoms with Crippen LogP contribution in [0.4, 0.5) is 5.95 Å². The minimum Gasteiger partial charge on any atom is -0.391 e. The minimum atomic E-state index is -0.383. The number of nitrogens with zero attached hydrogens (tertiary/aromatic N) is 3. The molecule has 1 aliphatic carbocycles. The Morgan fingerprint density at radius 2 is 2.12 bits per heavy atom. The Balaban J connectivity index is 1.81. The molecule has 0 amide bonds. The molecule has 0 saturated heterocycles. The largest absolute Gasteiger partial charge is 0.391 e. The molecule has 24 heavy (non-hydrogen) atoms. The van der Waals surface area contributed by atoms with E-state index in [0.717, 1.165) is 37.9 Å². The van der Waals surface area contributed by atoms with E-state index < -0.39 is 0 Å². The van der Waals surface area contributed by atoms with Crippen molar-refractivity contribution in [3.8, 4) is 0 Å². The molecule has 2 aromatic rings. The Morgan fingerprint density at radius 3 is 2.83 bits per heavy atom. The molecular formula is C17H27N5O2. The molecule has 7 nitrogen and oxygen atoms in total. The minimum absolute atomic E-state index is 0.0481. The van der Waals surface area contributed by atoms with Crippen LogP contribution in [-0.2, 0) is 13.5 Å². The molecule has 0 radical (unpaired) electrons. The fourth-order valence-corrected chi connectivity index (χ4v) is 3.32. The maximum absolute atomic E-state index is 12.5. The predicted octanol–water partition coefficient (Wildman–Crippen LogP) is 2.10. The SMILES string of the molecule is CCCCCCc1nc2nc(N[C@@H]3CCC[C@H]3O)n(C)c(=O)c2[nH]1. The van der Waals surface area contributed by atoms with Crippen molar-refractivity contribution in [2.45, 2.75) is 70.4 Å². The van der Waals surface area contributed by atoms with Crippen LogP contribution >= 0.6 is 0 Å². The van der Waals surface area contributed by atoms with E-state index in [1.807, 2.05) is 0 Å². The van der Waals surface area contributed by atoms with E-state index >= 15 is 0 Å². The summed E-state index contributed by atoms with van der Waals surface area (Å²) in [6, 6.07) is -0.0481. The molecule has 7 heteroatoms. The van der Waals surface area contributed by atoms with Crippen LogP contribution < -0.4 is 10.9 Å². The highest BCUT2D eigenvalue weighted by Gasteiger charge is 2.26. The lowest BCUT2D eigenvalue weighted by atomic mass is 10.1. The summed E-state index contributed by atoms with van der Waals surface area (Å²) in [6.07, 6.45) is 7.77. The summed E-state index contributed by atoms with van der Waals surface area (Å²) >= 11 is 0. The number of fused-ring (bicyclic) bond motifs is 1. The Morgan fingerprint density at radius 1 is 1.29 bits per heavy atom. The van der Waals surface area contributed by atoms with E-state index in [2.05, 4.69) is 27.2 Å². The lowest BCUT2D eigenvalue weighted by Gasteiger charge is -2.18. The number of anilines is 1. The molecule has 0 spiro atoms. The Kier molecular flexibility index (Phi) is 5.18. The van der Waals surface area contributed by atoms with Gasteiger partial charge in [-0.1, -0.05) is 26.2 Å². The molecule has 2 aromatic heterocycles. The van der Waals surface area contributed by atoms with E-state index in [9.17, 15) is 9.90 Å². The van der Waals surface area contributed by atoms with Crippen molar-refractivity contribution in [1.82, 2.24) is 19.5 Å². The number of hydrogen-bond acceptors (Lipinski definition) is 5. The average molecular weight is 333 g/mol. The molecule has 0 unspecified atom stereocenters. The Hall–Kier alpha value is -1.89. The summed E-state index contributed by atoms with van der Waals surface area (Å²) in [4.78, 5) is 24.7. The number of aliphatic hydroxyl groups excluding tert-OH is 1. The van der Waals surface area contributed by atoms with Crippen molar-refractivity contribution < 1.29 is 5.11 Å². The van der Waals surface area contributed by atoms with E-state index in [0.29, 0.717) is 17.1 Å². The maximum atomic E-state index is 12.5. The second-order valence-electron chi connectivity index (χ2n) is 6.74. The fourth-order valence-electron chi connectivity index (χ4n) is 3.32. The van der Waals surface area contributed by atoms with Gasteiger partial charge in [-0.2, -0.15) is 4.98 Å². The van der Waals surface area contributed by atoms with Gasteiger partial charge in [0.2, 0.25) is 5.95 Å². The number of rotatable bonds is 7. The molecule has 2 atom stereocenters. The first-order valence-corrected chi connectivity index (χ1v) is 9.00. The first-order valence-electron chi connectivity index (χ1n) is 9.00. The van der Waals surface area contributed by atoms with E-state index in [4.69, 9.17) is 0 Å². The van der Waals surface area contributed by atoms with Crippen molar-refractivity contribution in [2.75, 3.05) is 5.32 Å². The summed E-state index contributed by atoms with van der Waals surface area (Å²) in [5.41, 5.74) is 0.779. The number of nitrogens with one attached hydrogen (secondary N) is 2. The first-order chi connectivity index (χ1) is 11.6. The van der Waals surface area contributed by atoms with E-state index in [1.54, 1.807) is 7.05 Å². The third-order valence-electron chi connectivity index (χ3n) is 4.84. The van der Waals surface area contributed by atoms with Crippen molar-refractivity contribution in [3.05, 3.63) is 16.2 Å². The molecule has 0 bridgehead atoms. The second-order valence-corrected chi connectivity index (χ2v) is 6.74. The molecule has 3 rings (SSSR count). The van der Waals surface area contributed by atoms with Gasteiger partial charge >= 0.3 is 0 Å². The van der Waals surface area contributed by atoms with E-state index in [-0.39, 0.29) is 17.7 Å². The van der Waals surface area contributed by atoms with Crippen LogP contribution in [0.5, 0.6) is 0 Å². The van der Waals surface area contributed by atoms with Gasteiger partial charge in [0.05, 0.1) is 12.1 Å². The van der Waals surface area contributed by atoms with Gasteiger partial charge in [-0.15, -0.1) is 0 Å². The number of imidazole rings is 1. The van der Waals surface area contributed by atoms with Crippen LogP contribution in [0.3, 0.4) is 0 Å². The number of aliphatic hydroxyl groups is 1. The smallest absolute Gasteiger partial charge is 0.280 e. The van der Waals surface area contributed by atoms with Crippen LogP contribution in [0.25, 0.3) is 11.2 Å². The molecular weight excluding hydrogens is 306 g/mol. The van der Waals surface area contributed by atoms with Crippen LogP contribution in [0, 0.1) is 0 Å². The van der Waals surface area contributed by atoms with Crippen LogP contribution in [-0.4, -0.2) is 36.8 Å². The number of aromatic amines is 1. The third-order valence-corrected chi connectivity index (χ3v) is 4.84. The average Bonchev–Trinajstić information content (AvgIpc) is 3.16. The second kappa shape index (κ2) is 7.34. The van der Waals surface area contributed by atoms with Crippen molar-refractivity contribution in [2.24, 2.45) is 7.05 Å². The Bertz CT molecular complexity index is 751. The highest BCUT2D eigenvalue weighted by atomic mass is 16.3. The molecule has 1 aliphatic rings. The quantitative estimate of drug-likeness (QED) is 0.674. The predicted molar refractivity (Wildman–Crippen MR) is 94.2 cm³/mol. The zero-order valence-corrected chi connectivity index (χ0v) is 14.5. The number of unbranched alkanes of at least 4 members (excludes halogenated alkanes) is 3. The van der Waals surface area contributed by atoms with Crippen molar-refractivity contribution in [3.63, 3.8) is 0 Å². The summed E-state index contributed by atoms with van der Waals surface area (Å²) in [6.45, 7) is 2.19. The maximum Gasteiger partial charge on any atom is 0.280 e. The van der Waals surface area contributed by atoms with Gasteiger partial charge in [-0.05, 0) is 25.7 Å². The summed E-state index contributed by atoms with van der Waals surface area (Å²) in [7, 11) is 1.69. The van der Waals surface area contributed by atoms with Crippen LogP contribution in [0.1, 0.15) is 57.7 Å². The van der Waals surface area contributed by atoms with Crippen LogP contribution in [0.2, 0.25) is 0 Å². The van der Waals surface area contributed by atoms with Gasteiger partial charge in [0.15, 0.2) is 11.2 Å². The van der Waals surface area contributed by atoms with Gasteiger partial charge in [-0.25, -0.2) is 4.98 Å². The standard InChI is InChI=1S/C17H27N5O2/c1-3-4-5-6-10-13-19-14-15(20-13)21-17(22(2)16(14)24)18-11-8-7-9-12(11)23/h11-12,23H,3-10H2,1-2H3,(H,18,21)(H,19,20)/t11-,12-/m1/s1. The Labute approximate surface area is 141 Å². The van der Waals surface area contributed by atoms with Gasteiger partial charge in [0.25, 0.3) is 5.56 Å². The number of hydrogen-bond donors (Lipinski definition) is 3. The molecule has 3 N–H and O–H groups in total. The fraction of sp³-hybridized carbons (Fsp3) is 0.706. The highest BCUT2D eigenvalue weighted by molar-refractivity contribution is 5.71. The first kappa shape index (κ1) is 17.0. The zero-order valence-electron chi connectivity index (χ0n) is 14.5. The van der Waals surface area contributed by atoms with Crippen molar-refractivity contribution in [1.29, 1.82) is 0 Å². The molecule has 0 aliphatic heterocycles. The third kappa shape index (κ3) is 3.45. The van der Waals surface area contributed by atoms with Gasteiger partial charge < -0.3 is 15.4 Å². The monoisotopic (exact) mass is 333 g/mol. The van der Waals surface area contributed by atoms with Crippen molar-refractivity contribution >= 4 is 17.1 Å². The zero-order chi connectivity index (χ0) is 17.1. The molecule has 2 heterocycles. The topological polar surface area (TPSA) is 95.8 Å². The lowest BCUT2D eigenvalue weighted by molar-refractivity contribution is 0.171. The molecule has 1 saturated carbocycles. The number of H-pyrrole nitrogens is 1. The van der Waals surface area contributed by atoms with Gasteiger partial charge in [0, 0.05) is 13.5 Å².